The van der Waals surface area contributed by atoms with Crippen molar-refractivity contribution in [3.63, 3.8) is 0 Å². The van der Waals surface area contributed by atoms with Gasteiger partial charge in [0.1, 0.15) is 4.90 Å². The van der Waals surface area contributed by atoms with Gasteiger partial charge in [-0.3, -0.25) is 0 Å². The van der Waals surface area contributed by atoms with Crippen LogP contribution in [0.15, 0.2) is 71.7 Å². The van der Waals surface area contributed by atoms with Crippen molar-refractivity contribution in [1.29, 1.82) is 0 Å². The highest BCUT2D eigenvalue weighted by atomic mass is 32.5. The molecule has 2 nitrogen and oxygen atoms in total. The first-order valence-corrected chi connectivity index (χ1v) is 9.56. The highest BCUT2D eigenvalue weighted by Crippen LogP contribution is 3.02. The molecule has 1 N–H and O–H groups in total. The fourth-order valence-corrected chi connectivity index (χ4v) is 2.97. The van der Waals surface area contributed by atoms with E-state index in [0.29, 0.717) is 6.08 Å². The summed E-state index contributed by atoms with van der Waals surface area (Å²) in [4.78, 5) is 8.47. The molecule has 0 radical (unpaired) electrons. The first kappa shape index (κ1) is 22.5. The summed E-state index contributed by atoms with van der Waals surface area (Å²) in [6, 6.07) is 5.30. The summed E-state index contributed by atoms with van der Waals surface area (Å²) in [5, 5.41) is 8.63. The van der Waals surface area contributed by atoms with Gasteiger partial charge in [0.05, 0.1) is 5.56 Å². The molecule has 0 bridgehead atoms. The SMILES string of the molecule is O=C(O)/C=C/C=C(/c1ccc(C(F)(F)F)cc1)c1ccc(S(F)(F)(F)(F)F)cc1. The Labute approximate surface area is 159 Å². The molecular weight excluding hydrogens is 432 g/mol. The molecular formula is C18H12F8O2S. The molecule has 0 fully saturated rings. The lowest BCUT2D eigenvalue weighted by Gasteiger charge is -2.40. The third-order valence-corrected chi connectivity index (χ3v) is 4.80. The molecule has 158 valence electrons. The molecule has 0 aromatic heterocycles. The highest BCUT2D eigenvalue weighted by molar-refractivity contribution is 8.45. The van der Waals surface area contributed by atoms with E-state index in [2.05, 4.69) is 0 Å². The second-order valence-electron chi connectivity index (χ2n) is 5.85. The summed E-state index contributed by atoms with van der Waals surface area (Å²) in [5.41, 5.74) is -0.874. The topological polar surface area (TPSA) is 37.3 Å². The Morgan fingerprint density at radius 1 is 0.828 bits per heavy atom. The van der Waals surface area contributed by atoms with Crippen molar-refractivity contribution in [3.05, 3.63) is 83.4 Å². The van der Waals surface area contributed by atoms with Crippen LogP contribution >= 0.6 is 10.2 Å². The van der Waals surface area contributed by atoms with Gasteiger partial charge in [0, 0.05) is 6.08 Å². The van der Waals surface area contributed by atoms with Crippen LogP contribution in [0.25, 0.3) is 5.57 Å². The van der Waals surface area contributed by atoms with Gasteiger partial charge in [-0.1, -0.05) is 55.8 Å². The van der Waals surface area contributed by atoms with Gasteiger partial charge < -0.3 is 5.11 Å². The van der Waals surface area contributed by atoms with Gasteiger partial charge in [-0.05, 0) is 41.0 Å². The number of allylic oxidation sites excluding steroid dienone is 2. The normalized spacial score (nSPS) is 15.8. The molecule has 0 aliphatic heterocycles. The zero-order valence-electron chi connectivity index (χ0n) is 14.1. The third kappa shape index (κ3) is 6.08. The van der Waals surface area contributed by atoms with E-state index < -0.39 is 32.8 Å². The van der Waals surface area contributed by atoms with Crippen LogP contribution in [0.3, 0.4) is 0 Å². The number of hydrogen-bond donors (Lipinski definition) is 1. The lowest BCUT2D eigenvalue weighted by atomic mass is 9.96. The number of rotatable bonds is 5. The summed E-state index contributed by atoms with van der Waals surface area (Å²) in [7, 11) is -9.89. The lowest BCUT2D eigenvalue weighted by molar-refractivity contribution is -0.137. The average Bonchev–Trinajstić information content (AvgIpc) is 2.56. The van der Waals surface area contributed by atoms with Gasteiger partial charge in [-0.25, -0.2) is 4.79 Å². The molecule has 0 amide bonds. The molecule has 0 unspecified atom stereocenters. The standard InChI is InChI=1S/C18H12F8O2S/c19-18(20,21)14-8-4-12(5-9-14)16(2-1-3-17(27)28)13-6-10-15(11-7-13)29(22,23,24,25)26/h1-11H,(H,27,28)/b3-1+,16-2-. The second-order valence-corrected chi connectivity index (χ2v) is 8.26. The van der Waals surface area contributed by atoms with Crippen molar-refractivity contribution in [1.82, 2.24) is 0 Å². The Bertz CT molecular complexity index is 971. The van der Waals surface area contributed by atoms with Crippen LogP contribution in [0.5, 0.6) is 0 Å². The largest absolute Gasteiger partial charge is 0.478 e. The molecule has 29 heavy (non-hydrogen) atoms. The van der Waals surface area contributed by atoms with E-state index in [1.165, 1.54) is 0 Å². The first-order chi connectivity index (χ1) is 13.0. The molecule has 0 spiro atoms. The Morgan fingerprint density at radius 2 is 1.28 bits per heavy atom. The van der Waals surface area contributed by atoms with Gasteiger partial charge >= 0.3 is 22.4 Å². The maximum absolute atomic E-state index is 12.9. The summed E-state index contributed by atoms with van der Waals surface area (Å²) in [5.74, 6) is -1.34. The van der Waals surface area contributed by atoms with E-state index >= 15 is 0 Å². The monoisotopic (exact) mass is 444 g/mol. The predicted octanol–water partition coefficient (Wildman–Crippen LogP) is 7.44. The van der Waals surface area contributed by atoms with Crippen LogP contribution in [0.2, 0.25) is 0 Å². The number of carboxylic acids is 1. The fraction of sp³-hybridized carbons (Fsp3) is 0.0556. The van der Waals surface area contributed by atoms with Crippen molar-refractivity contribution >= 4 is 21.8 Å². The predicted molar refractivity (Wildman–Crippen MR) is 93.1 cm³/mol. The molecule has 0 aliphatic carbocycles. The smallest absolute Gasteiger partial charge is 0.416 e. The van der Waals surface area contributed by atoms with Crippen LogP contribution in [0, 0.1) is 0 Å². The van der Waals surface area contributed by atoms with E-state index in [1.807, 2.05) is 0 Å². The zero-order valence-corrected chi connectivity index (χ0v) is 15.0. The molecule has 0 aliphatic rings. The van der Waals surface area contributed by atoms with Gasteiger partial charge in [0.2, 0.25) is 0 Å². The number of carbonyl (C=O) groups is 1. The summed E-state index contributed by atoms with van der Waals surface area (Å²) in [6.07, 6.45) is -1.79. The van der Waals surface area contributed by atoms with E-state index in [-0.39, 0.29) is 28.8 Å². The van der Waals surface area contributed by atoms with Crippen LogP contribution in [0.4, 0.5) is 32.6 Å². The molecule has 0 atom stereocenters. The molecule has 0 saturated heterocycles. The van der Waals surface area contributed by atoms with Gasteiger partial charge in [0.25, 0.3) is 0 Å². The Balaban J connectivity index is 2.54. The molecule has 2 rings (SSSR count). The molecule has 0 heterocycles. The molecule has 0 saturated carbocycles. The number of benzene rings is 2. The summed E-state index contributed by atoms with van der Waals surface area (Å²) in [6.45, 7) is 0. The molecule has 11 heteroatoms. The van der Waals surface area contributed by atoms with Gasteiger partial charge in [-0.2, -0.15) is 13.2 Å². The zero-order chi connectivity index (χ0) is 22.2. The quantitative estimate of drug-likeness (QED) is 0.296. The van der Waals surface area contributed by atoms with Crippen molar-refractivity contribution in [3.8, 4) is 0 Å². The Morgan fingerprint density at radius 3 is 1.66 bits per heavy atom. The van der Waals surface area contributed by atoms with Crippen LogP contribution in [-0.4, -0.2) is 11.1 Å². The summed E-state index contributed by atoms with van der Waals surface area (Å²) < 4.78 is 102. The van der Waals surface area contributed by atoms with Gasteiger partial charge in [0.15, 0.2) is 0 Å². The second kappa shape index (κ2) is 6.61. The van der Waals surface area contributed by atoms with Crippen LogP contribution in [0.1, 0.15) is 16.7 Å². The lowest BCUT2D eigenvalue weighted by Crippen LogP contribution is -2.06. The Kier molecular flexibility index (Phi) is 5.12. The van der Waals surface area contributed by atoms with E-state index in [0.717, 1.165) is 48.6 Å². The fourth-order valence-electron chi connectivity index (χ4n) is 2.32. The number of aliphatic carboxylic acids is 1. The van der Waals surface area contributed by atoms with Crippen molar-refractivity contribution in [2.24, 2.45) is 0 Å². The number of hydrogen-bond acceptors (Lipinski definition) is 1. The third-order valence-electron chi connectivity index (χ3n) is 3.64. The molecule has 2 aromatic rings. The minimum absolute atomic E-state index is 0.0323. The maximum Gasteiger partial charge on any atom is 0.416 e. The minimum Gasteiger partial charge on any atom is -0.478 e. The minimum atomic E-state index is -9.89. The first-order valence-electron chi connectivity index (χ1n) is 7.61. The maximum atomic E-state index is 12.9. The van der Waals surface area contributed by atoms with Crippen molar-refractivity contribution in [2.45, 2.75) is 11.1 Å². The number of carboxylic acid groups (broad SMARTS) is 1. The van der Waals surface area contributed by atoms with E-state index in [1.54, 1.807) is 0 Å². The number of alkyl halides is 3. The van der Waals surface area contributed by atoms with Crippen molar-refractivity contribution < 1.29 is 42.5 Å². The number of halogens is 8. The van der Waals surface area contributed by atoms with Crippen LogP contribution < -0.4 is 0 Å². The summed E-state index contributed by atoms with van der Waals surface area (Å²) >= 11 is 0. The Hall–Kier alpha value is -2.82. The van der Waals surface area contributed by atoms with Gasteiger partial charge in [-0.15, -0.1) is 0 Å². The average molecular weight is 444 g/mol. The highest BCUT2D eigenvalue weighted by Gasteiger charge is 2.65. The molecule has 2 aromatic carbocycles. The van der Waals surface area contributed by atoms with E-state index in [9.17, 15) is 37.4 Å². The van der Waals surface area contributed by atoms with E-state index in [4.69, 9.17) is 5.11 Å². The van der Waals surface area contributed by atoms with Crippen LogP contribution in [-0.2, 0) is 11.0 Å². The van der Waals surface area contributed by atoms with Crippen molar-refractivity contribution in [2.75, 3.05) is 0 Å².